The molecule has 1 saturated heterocycles. The maximum absolute atomic E-state index is 12.7. The minimum atomic E-state index is -3.62. The normalized spacial score (nSPS) is 16.3. The zero-order valence-corrected chi connectivity index (χ0v) is 15.1. The number of benzene rings is 1. The van der Waals surface area contributed by atoms with Crippen molar-refractivity contribution < 1.29 is 12.8 Å². The number of oxazole rings is 1. The molecule has 8 nitrogen and oxygen atoms in total. The number of sulfonamides is 1. The number of piperazine rings is 1. The number of nitrogens with zero attached hydrogens (tertiary/aromatic N) is 3. The third kappa shape index (κ3) is 2.98. The molecule has 0 aliphatic carbocycles. The predicted molar refractivity (Wildman–Crippen MR) is 97.1 cm³/mol. The lowest BCUT2D eigenvalue weighted by Crippen LogP contribution is -2.48. The number of hydrogen-bond acceptors (Lipinski definition) is 6. The van der Waals surface area contributed by atoms with Crippen LogP contribution >= 0.6 is 11.6 Å². The summed E-state index contributed by atoms with van der Waals surface area (Å²) in [5.74, 6) is -0.510. The lowest BCUT2D eigenvalue weighted by Gasteiger charge is -2.35. The van der Waals surface area contributed by atoms with E-state index in [0.29, 0.717) is 37.3 Å². The summed E-state index contributed by atoms with van der Waals surface area (Å²) < 4.78 is 32.1. The SMILES string of the molecule is O=c1[nH]c2cccc(N3CCN(S(=O)(=O)c4ccc(Cl)nc4)CC3)c2o1. The van der Waals surface area contributed by atoms with E-state index in [-0.39, 0.29) is 10.0 Å². The molecule has 136 valence electrons. The molecule has 0 saturated carbocycles. The Kier molecular flexibility index (Phi) is 4.22. The summed E-state index contributed by atoms with van der Waals surface area (Å²) in [7, 11) is -3.62. The zero-order chi connectivity index (χ0) is 18.3. The van der Waals surface area contributed by atoms with E-state index in [4.69, 9.17) is 16.0 Å². The van der Waals surface area contributed by atoms with Crippen LogP contribution in [-0.2, 0) is 10.0 Å². The van der Waals surface area contributed by atoms with Crippen molar-refractivity contribution in [1.82, 2.24) is 14.3 Å². The maximum atomic E-state index is 12.7. The summed E-state index contributed by atoms with van der Waals surface area (Å²) in [6.07, 6.45) is 1.26. The number of halogens is 1. The van der Waals surface area contributed by atoms with E-state index in [9.17, 15) is 13.2 Å². The number of pyridine rings is 1. The first-order chi connectivity index (χ1) is 12.4. The largest absolute Gasteiger partial charge is 0.417 e. The van der Waals surface area contributed by atoms with E-state index in [1.807, 2.05) is 17.0 Å². The highest BCUT2D eigenvalue weighted by Gasteiger charge is 2.29. The summed E-state index contributed by atoms with van der Waals surface area (Å²) >= 11 is 5.72. The van der Waals surface area contributed by atoms with E-state index in [1.54, 1.807) is 6.07 Å². The number of aromatic nitrogens is 2. The quantitative estimate of drug-likeness (QED) is 0.678. The Hall–Kier alpha value is -2.36. The van der Waals surface area contributed by atoms with Gasteiger partial charge in [-0.15, -0.1) is 0 Å². The molecule has 10 heteroatoms. The van der Waals surface area contributed by atoms with Crippen molar-refractivity contribution in [3.8, 4) is 0 Å². The van der Waals surface area contributed by atoms with Crippen LogP contribution in [0.3, 0.4) is 0 Å². The van der Waals surface area contributed by atoms with Gasteiger partial charge in [0.25, 0.3) is 0 Å². The highest BCUT2D eigenvalue weighted by molar-refractivity contribution is 7.89. The van der Waals surface area contributed by atoms with E-state index >= 15 is 0 Å². The molecular formula is C16H15ClN4O4S. The zero-order valence-electron chi connectivity index (χ0n) is 13.6. The Morgan fingerprint density at radius 3 is 2.58 bits per heavy atom. The van der Waals surface area contributed by atoms with Gasteiger partial charge < -0.3 is 9.32 Å². The van der Waals surface area contributed by atoms with Gasteiger partial charge in [0, 0.05) is 32.4 Å². The molecule has 3 aromatic rings. The van der Waals surface area contributed by atoms with Crippen molar-refractivity contribution in [1.29, 1.82) is 0 Å². The molecule has 26 heavy (non-hydrogen) atoms. The standard InChI is InChI=1S/C16H15ClN4O4S/c17-14-5-4-11(10-18-14)26(23,24)21-8-6-20(7-9-21)13-3-1-2-12-15(13)25-16(22)19-12/h1-5,10H,6-9H2,(H,19,22). The summed E-state index contributed by atoms with van der Waals surface area (Å²) in [4.78, 5) is 20.0. The van der Waals surface area contributed by atoms with Crippen molar-refractivity contribution in [2.75, 3.05) is 31.1 Å². The van der Waals surface area contributed by atoms with Crippen LogP contribution in [0.4, 0.5) is 5.69 Å². The Morgan fingerprint density at radius 2 is 1.88 bits per heavy atom. The number of aromatic amines is 1. The highest BCUT2D eigenvalue weighted by atomic mass is 35.5. The van der Waals surface area contributed by atoms with E-state index in [0.717, 1.165) is 5.69 Å². The molecule has 0 amide bonds. The van der Waals surface area contributed by atoms with Gasteiger partial charge in [0.1, 0.15) is 10.0 Å². The van der Waals surface area contributed by atoms with Crippen LogP contribution in [0.5, 0.6) is 0 Å². The fraction of sp³-hybridized carbons (Fsp3) is 0.250. The van der Waals surface area contributed by atoms with Gasteiger partial charge in [0.15, 0.2) is 5.58 Å². The summed E-state index contributed by atoms with van der Waals surface area (Å²) in [6, 6.07) is 8.35. The van der Waals surface area contributed by atoms with Crippen LogP contribution in [0.25, 0.3) is 11.1 Å². The van der Waals surface area contributed by atoms with Gasteiger partial charge in [0.05, 0.1) is 11.2 Å². The Bertz CT molecular complexity index is 1100. The molecule has 0 atom stereocenters. The van der Waals surface area contributed by atoms with Crippen molar-refractivity contribution in [3.05, 3.63) is 52.2 Å². The van der Waals surface area contributed by atoms with Crippen LogP contribution in [0.1, 0.15) is 0 Å². The fourth-order valence-corrected chi connectivity index (χ4v) is 4.52. The fourth-order valence-electron chi connectivity index (χ4n) is 3.04. The van der Waals surface area contributed by atoms with Crippen molar-refractivity contribution in [3.63, 3.8) is 0 Å². The summed E-state index contributed by atoms with van der Waals surface area (Å²) in [5.41, 5.74) is 1.87. The maximum Gasteiger partial charge on any atom is 0.417 e. The minimum absolute atomic E-state index is 0.120. The molecule has 1 fully saturated rings. The van der Waals surface area contributed by atoms with Gasteiger partial charge in [-0.05, 0) is 24.3 Å². The number of para-hydroxylation sites is 1. The number of hydrogen-bond donors (Lipinski definition) is 1. The Labute approximate surface area is 154 Å². The number of H-pyrrole nitrogens is 1. The molecule has 1 aliphatic rings. The molecule has 4 rings (SSSR count). The second-order valence-corrected chi connectivity index (χ2v) is 8.20. The number of anilines is 1. The molecule has 0 unspecified atom stereocenters. The number of fused-ring (bicyclic) bond motifs is 1. The Balaban J connectivity index is 1.55. The van der Waals surface area contributed by atoms with Crippen molar-refractivity contribution >= 4 is 38.4 Å². The highest BCUT2D eigenvalue weighted by Crippen LogP contribution is 2.27. The van der Waals surface area contributed by atoms with E-state index < -0.39 is 15.8 Å². The molecule has 3 heterocycles. The third-order valence-electron chi connectivity index (χ3n) is 4.34. The molecule has 0 bridgehead atoms. The second kappa shape index (κ2) is 6.42. The average molecular weight is 395 g/mol. The molecule has 1 N–H and O–H groups in total. The van der Waals surface area contributed by atoms with Gasteiger partial charge in [-0.25, -0.2) is 18.2 Å². The van der Waals surface area contributed by atoms with Gasteiger partial charge in [-0.2, -0.15) is 4.31 Å². The molecule has 2 aromatic heterocycles. The lowest BCUT2D eigenvalue weighted by atomic mass is 10.2. The monoisotopic (exact) mass is 394 g/mol. The minimum Gasteiger partial charge on any atom is -0.406 e. The molecule has 1 aliphatic heterocycles. The number of nitrogens with one attached hydrogen (secondary N) is 1. The summed E-state index contributed by atoms with van der Waals surface area (Å²) in [5, 5.41) is 0.245. The number of rotatable bonds is 3. The van der Waals surface area contributed by atoms with Crippen LogP contribution in [0.2, 0.25) is 5.15 Å². The topological polar surface area (TPSA) is 99.5 Å². The first-order valence-corrected chi connectivity index (χ1v) is 9.75. The van der Waals surface area contributed by atoms with Gasteiger partial charge >= 0.3 is 5.76 Å². The van der Waals surface area contributed by atoms with Crippen molar-refractivity contribution in [2.45, 2.75) is 4.90 Å². The van der Waals surface area contributed by atoms with E-state index in [1.165, 1.54) is 22.6 Å². The third-order valence-corrected chi connectivity index (χ3v) is 6.45. The molecular weight excluding hydrogens is 380 g/mol. The smallest absolute Gasteiger partial charge is 0.406 e. The van der Waals surface area contributed by atoms with Crippen LogP contribution < -0.4 is 10.7 Å². The predicted octanol–water partition coefficient (Wildman–Crippen LogP) is 1.68. The summed E-state index contributed by atoms with van der Waals surface area (Å²) in [6.45, 7) is 1.59. The second-order valence-electron chi connectivity index (χ2n) is 5.88. The first kappa shape index (κ1) is 17.1. The molecule has 1 aromatic carbocycles. The van der Waals surface area contributed by atoms with Crippen LogP contribution in [0, 0.1) is 0 Å². The molecule has 0 spiro atoms. The molecule has 0 radical (unpaired) electrons. The van der Waals surface area contributed by atoms with Gasteiger partial charge in [0.2, 0.25) is 10.0 Å². The van der Waals surface area contributed by atoms with Crippen LogP contribution in [-0.4, -0.2) is 48.9 Å². The van der Waals surface area contributed by atoms with Crippen molar-refractivity contribution in [2.24, 2.45) is 0 Å². The van der Waals surface area contributed by atoms with Crippen LogP contribution in [0.15, 0.2) is 50.6 Å². The first-order valence-electron chi connectivity index (χ1n) is 7.94. The Morgan fingerprint density at radius 1 is 1.12 bits per heavy atom. The van der Waals surface area contributed by atoms with Gasteiger partial charge in [-0.1, -0.05) is 17.7 Å². The lowest BCUT2D eigenvalue weighted by molar-refractivity contribution is 0.384. The van der Waals surface area contributed by atoms with Gasteiger partial charge in [-0.3, -0.25) is 4.98 Å². The van der Waals surface area contributed by atoms with E-state index in [2.05, 4.69) is 9.97 Å². The average Bonchev–Trinajstić information content (AvgIpc) is 3.02.